The van der Waals surface area contributed by atoms with Crippen LogP contribution >= 0.6 is 0 Å². The van der Waals surface area contributed by atoms with Gasteiger partial charge in [-0.15, -0.1) is 0 Å². The molecule has 0 aliphatic carbocycles. The van der Waals surface area contributed by atoms with Gasteiger partial charge in [-0.2, -0.15) is 0 Å². The third-order valence-electron chi connectivity index (χ3n) is 4.56. The zero-order valence-electron chi connectivity index (χ0n) is 14.3. The minimum atomic E-state index is -0.210. The lowest BCUT2D eigenvalue weighted by Crippen LogP contribution is -2.47. The predicted molar refractivity (Wildman–Crippen MR) is 91.3 cm³/mol. The molecule has 2 aromatic rings. The summed E-state index contributed by atoms with van der Waals surface area (Å²) in [6.45, 7) is 8.46. The fourth-order valence-corrected chi connectivity index (χ4v) is 3.13. The van der Waals surface area contributed by atoms with Gasteiger partial charge in [-0.25, -0.2) is 9.37 Å². The number of hydrogen-bond acceptors (Lipinski definition) is 4. The van der Waals surface area contributed by atoms with Crippen LogP contribution in [0.25, 0.3) is 11.0 Å². The van der Waals surface area contributed by atoms with Crippen molar-refractivity contribution in [3.8, 4) is 0 Å². The molecule has 0 unspecified atom stereocenters. The third kappa shape index (κ3) is 2.83. The molecule has 1 aromatic heterocycles. The number of halogens is 1. The highest BCUT2D eigenvalue weighted by Crippen LogP contribution is 2.19. The van der Waals surface area contributed by atoms with Crippen molar-refractivity contribution in [3.63, 3.8) is 0 Å². The van der Waals surface area contributed by atoms with Crippen LogP contribution in [0.4, 0.5) is 10.2 Å². The molecule has 0 N–H and O–H groups in total. The molecule has 0 bridgehead atoms. The molecular formula is C17H24FN5. The van der Waals surface area contributed by atoms with Gasteiger partial charge >= 0.3 is 0 Å². The van der Waals surface area contributed by atoms with E-state index in [4.69, 9.17) is 4.98 Å². The first-order valence-corrected chi connectivity index (χ1v) is 8.12. The molecule has 1 saturated heterocycles. The summed E-state index contributed by atoms with van der Waals surface area (Å²) in [5.74, 6) is 0.649. The van der Waals surface area contributed by atoms with Gasteiger partial charge in [0.2, 0.25) is 0 Å². The van der Waals surface area contributed by atoms with E-state index in [0.717, 1.165) is 49.5 Å². The lowest BCUT2D eigenvalue weighted by atomic mass is 10.2. The molecule has 23 heavy (non-hydrogen) atoms. The second-order valence-corrected chi connectivity index (χ2v) is 6.11. The maximum atomic E-state index is 14.0. The first-order valence-electron chi connectivity index (χ1n) is 8.12. The molecule has 0 atom stereocenters. The highest BCUT2D eigenvalue weighted by molar-refractivity contribution is 5.77. The highest BCUT2D eigenvalue weighted by Gasteiger charge is 2.19. The summed E-state index contributed by atoms with van der Waals surface area (Å²) in [7, 11) is 3.92. The van der Waals surface area contributed by atoms with Crippen molar-refractivity contribution in [2.24, 2.45) is 4.99 Å². The van der Waals surface area contributed by atoms with E-state index in [1.54, 1.807) is 14.0 Å². The smallest absolute Gasteiger partial charge is 0.172 e. The van der Waals surface area contributed by atoms with Crippen LogP contribution in [0.5, 0.6) is 0 Å². The molecule has 1 aromatic carbocycles. The lowest BCUT2D eigenvalue weighted by molar-refractivity contribution is 0.311. The van der Waals surface area contributed by atoms with Crippen molar-refractivity contribution in [2.75, 3.05) is 45.2 Å². The number of aryl methyl sites for hydroxylation is 2. The number of benzene rings is 1. The maximum absolute atomic E-state index is 14.0. The number of likely N-dealkylation sites (N-methyl/N-ethyl adjacent to an activating group) is 1. The Labute approximate surface area is 136 Å². The van der Waals surface area contributed by atoms with Gasteiger partial charge in [-0.05, 0) is 32.5 Å². The van der Waals surface area contributed by atoms with Gasteiger partial charge in [0.15, 0.2) is 11.3 Å². The summed E-state index contributed by atoms with van der Waals surface area (Å²) in [5, 5.41) is 0. The SMILES string of the molecule is CCn1c(=NC)c(N2CCN(C)CC2)nc2cc(F)c(C)cc21. The molecule has 1 fully saturated rings. The van der Waals surface area contributed by atoms with Crippen molar-refractivity contribution >= 4 is 16.9 Å². The average Bonchev–Trinajstić information content (AvgIpc) is 2.55. The van der Waals surface area contributed by atoms with Crippen molar-refractivity contribution < 1.29 is 4.39 Å². The Balaban J connectivity index is 2.23. The van der Waals surface area contributed by atoms with E-state index in [9.17, 15) is 4.39 Å². The van der Waals surface area contributed by atoms with Crippen molar-refractivity contribution in [1.82, 2.24) is 14.5 Å². The molecule has 0 amide bonds. The Bertz CT molecular complexity index is 788. The number of anilines is 1. The summed E-state index contributed by atoms with van der Waals surface area (Å²) >= 11 is 0. The van der Waals surface area contributed by atoms with Gasteiger partial charge < -0.3 is 14.4 Å². The number of piperazine rings is 1. The number of rotatable bonds is 2. The van der Waals surface area contributed by atoms with E-state index >= 15 is 0 Å². The van der Waals surface area contributed by atoms with Crippen LogP contribution in [0.3, 0.4) is 0 Å². The van der Waals surface area contributed by atoms with Gasteiger partial charge in [0.1, 0.15) is 5.82 Å². The Morgan fingerprint density at radius 2 is 1.91 bits per heavy atom. The van der Waals surface area contributed by atoms with Crippen LogP contribution in [-0.4, -0.2) is 54.7 Å². The standard InChI is InChI=1S/C17H24FN5/c1-5-23-15-10-12(2)13(18)11-14(15)20-17(16(23)19-3)22-8-6-21(4)7-9-22/h10-11H,5-9H2,1-4H3. The van der Waals surface area contributed by atoms with E-state index < -0.39 is 0 Å². The average molecular weight is 317 g/mol. The minimum absolute atomic E-state index is 0.210. The quantitative estimate of drug-likeness (QED) is 0.847. The fourth-order valence-electron chi connectivity index (χ4n) is 3.13. The normalized spacial score (nSPS) is 17.3. The fraction of sp³-hybridized carbons (Fsp3) is 0.529. The van der Waals surface area contributed by atoms with Gasteiger partial charge in [0, 0.05) is 45.8 Å². The molecule has 1 aliphatic heterocycles. The highest BCUT2D eigenvalue weighted by atomic mass is 19.1. The first-order chi connectivity index (χ1) is 11.0. The Morgan fingerprint density at radius 3 is 2.52 bits per heavy atom. The monoisotopic (exact) mass is 317 g/mol. The topological polar surface area (TPSA) is 36.7 Å². The minimum Gasteiger partial charge on any atom is -0.351 e. The molecule has 1 aliphatic rings. The largest absolute Gasteiger partial charge is 0.351 e. The third-order valence-corrected chi connectivity index (χ3v) is 4.56. The zero-order valence-corrected chi connectivity index (χ0v) is 14.3. The zero-order chi connectivity index (χ0) is 16.6. The Hall–Kier alpha value is -1.95. The molecule has 6 heteroatoms. The Kier molecular flexibility index (Phi) is 4.35. The molecule has 0 radical (unpaired) electrons. The molecule has 5 nitrogen and oxygen atoms in total. The number of fused-ring (bicyclic) bond motifs is 1. The predicted octanol–water partition coefficient (Wildman–Crippen LogP) is 1.79. The molecule has 3 rings (SSSR count). The van der Waals surface area contributed by atoms with Crippen LogP contribution in [0, 0.1) is 12.7 Å². The van der Waals surface area contributed by atoms with Crippen LogP contribution in [-0.2, 0) is 6.54 Å². The summed E-state index contributed by atoms with van der Waals surface area (Å²) in [5.41, 5.74) is 3.13. The van der Waals surface area contributed by atoms with Gasteiger partial charge in [-0.3, -0.25) is 4.99 Å². The second-order valence-electron chi connectivity index (χ2n) is 6.11. The number of aromatic nitrogens is 2. The molecular weight excluding hydrogens is 293 g/mol. The molecule has 0 saturated carbocycles. The summed E-state index contributed by atoms with van der Waals surface area (Å²) in [6.07, 6.45) is 0. The lowest BCUT2D eigenvalue weighted by Gasteiger charge is -2.33. The summed E-state index contributed by atoms with van der Waals surface area (Å²) in [4.78, 5) is 13.8. The number of hydrogen-bond donors (Lipinski definition) is 0. The van der Waals surface area contributed by atoms with E-state index in [2.05, 4.69) is 33.3 Å². The van der Waals surface area contributed by atoms with E-state index in [1.807, 2.05) is 6.07 Å². The summed E-state index contributed by atoms with van der Waals surface area (Å²) in [6, 6.07) is 3.40. The van der Waals surface area contributed by atoms with Crippen LogP contribution in [0.1, 0.15) is 12.5 Å². The maximum Gasteiger partial charge on any atom is 0.172 e. The molecule has 0 spiro atoms. The van der Waals surface area contributed by atoms with Crippen LogP contribution in [0.2, 0.25) is 0 Å². The van der Waals surface area contributed by atoms with Crippen molar-refractivity contribution in [2.45, 2.75) is 20.4 Å². The van der Waals surface area contributed by atoms with Gasteiger partial charge in [0.05, 0.1) is 11.0 Å². The Morgan fingerprint density at radius 1 is 1.22 bits per heavy atom. The summed E-state index contributed by atoms with van der Waals surface area (Å²) < 4.78 is 16.1. The van der Waals surface area contributed by atoms with E-state index in [1.165, 1.54) is 6.07 Å². The van der Waals surface area contributed by atoms with E-state index in [0.29, 0.717) is 11.1 Å². The van der Waals surface area contributed by atoms with Gasteiger partial charge in [0.25, 0.3) is 0 Å². The van der Waals surface area contributed by atoms with E-state index in [-0.39, 0.29) is 5.82 Å². The van der Waals surface area contributed by atoms with Crippen LogP contribution < -0.4 is 10.4 Å². The molecule has 2 heterocycles. The van der Waals surface area contributed by atoms with Crippen molar-refractivity contribution in [1.29, 1.82) is 0 Å². The van der Waals surface area contributed by atoms with Crippen LogP contribution in [0.15, 0.2) is 17.1 Å². The second kappa shape index (κ2) is 6.28. The first kappa shape index (κ1) is 15.9. The van der Waals surface area contributed by atoms with Crippen molar-refractivity contribution in [3.05, 3.63) is 29.0 Å². The number of nitrogens with zero attached hydrogens (tertiary/aromatic N) is 5. The molecule has 124 valence electrons. The van der Waals surface area contributed by atoms with Gasteiger partial charge in [-0.1, -0.05) is 0 Å².